The van der Waals surface area contributed by atoms with E-state index in [0.717, 1.165) is 47.9 Å². The zero-order valence-electron chi connectivity index (χ0n) is 12.5. The SMILES string of the molecule is COc1cc2nn(C3CCC(CO)CC3)cc2cc1CN. The molecule has 1 aliphatic carbocycles. The molecule has 2 aromatic rings. The number of nitrogens with zero attached hydrogens (tertiary/aromatic N) is 2. The fraction of sp³-hybridized carbons (Fsp3) is 0.562. The predicted octanol–water partition coefficient (Wildman–Crippen LogP) is 2.23. The average Bonchev–Trinajstić information content (AvgIpc) is 2.96. The van der Waals surface area contributed by atoms with Crippen molar-refractivity contribution < 1.29 is 9.84 Å². The van der Waals surface area contributed by atoms with Crippen LogP contribution in [0.3, 0.4) is 0 Å². The van der Waals surface area contributed by atoms with Crippen LogP contribution >= 0.6 is 0 Å². The quantitative estimate of drug-likeness (QED) is 0.905. The number of aromatic nitrogens is 2. The lowest BCUT2D eigenvalue weighted by Crippen LogP contribution is -2.20. The molecule has 1 aromatic heterocycles. The topological polar surface area (TPSA) is 73.3 Å². The first-order valence-corrected chi connectivity index (χ1v) is 7.62. The summed E-state index contributed by atoms with van der Waals surface area (Å²) >= 11 is 0. The average molecular weight is 289 g/mol. The molecule has 0 unspecified atom stereocenters. The van der Waals surface area contributed by atoms with Crippen LogP contribution in [-0.4, -0.2) is 28.6 Å². The van der Waals surface area contributed by atoms with Crippen LogP contribution in [0.2, 0.25) is 0 Å². The minimum atomic E-state index is 0.310. The first-order chi connectivity index (χ1) is 10.2. The number of aliphatic hydroxyl groups is 1. The van der Waals surface area contributed by atoms with Crippen LogP contribution in [0.1, 0.15) is 37.3 Å². The third-order valence-electron chi connectivity index (χ3n) is 4.59. The number of ether oxygens (including phenoxy) is 1. The molecular formula is C16H23N3O2. The highest BCUT2D eigenvalue weighted by molar-refractivity contribution is 5.81. The van der Waals surface area contributed by atoms with Gasteiger partial charge in [-0.25, -0.2) is 0 Å². The lowest BCUT2D eigenvalue weighted by molar-refractivity contribution is 0.165. The third-order valence-corrected chi connectivity index (χ3v) is 4.59. The molecule has 21 heavy (non-hydrogen) atoms. The molecule has 0 spiro atoms. The number of methoxy groups -OCH3 is 1. The summed E-state index contributed by atoms with van der Waals surface area (Å²) in [6, 6.07) is 4.47. The van der Waals surface area contributed by atoms with Gasteiger partial charge in [-0.1, -0.05) is 0 Å². The summed E-state index contributed by atoms with van der Waals surface area (Å²) < 4.78 is 7.45. The Hall–Kier alpha value is -1.59. The van der Waals surface area contributed by atoms with Gasteiger partial charge in [0.15, 0.2) is 0 Å². The van der Waals surface area contributed by atoms with E-state index < -0.39 is 0 Å². The number of benzene rings is 1. The van der Waals surface area contributed by atoms with Crippen molar-refractivity contribution in [1.29, 1.82) is 0 Å². The Balaban J connectivity index is 1.87. The molecule has 1 fully saturated rings. The van der Waals surface area contributed by atoms with Crippen molar-refractivity contribution in [3.8, 4) is 5.75 Å². The number of aliphatic hydroxyl groups excluding tert-OH is 1. The Morgan fingerprint density at radius 3 is 2.71 bits per heavy atom. The monoisotopic (exact) mass is 289 g/mol. The number of hydrogen-bond acceptors (Lipinski definition) is 4. The fourth-order valence-corrected chi connectivity index (χ4v) is 3.25. The van der Waals surface area contributed by atoms with Gasteiger partial charge >= 0.3 is 0 Å². The van der Waals surface area contributed by atoms with Gasteiger partial charge in [0, 0.05) is 36.4 Å². The second-order valence-electron chi connectivity index (χ2n) is 5.89. The first kappa shape index (κ1) is 14.4. The van der Waals surface area contributed by atoms with Crippen molar-refractivity contribution in [2.75, 3.05) is 13.7 Å². The summed E-state index contributed by atoms with van der Waals surface area (Å²) in [5, 5.41) is 15.0. The van der Waals surface area contributed by atoms with Gasteiger partial charge in [0.05, 0.1) is 18.7 Å². The van der Waals surface area contributed by atoms with E-state index in [1.54, 1.807) is 7.11 Å². The molecule has 0 amide bonds. The van der Waals surface area contributed by atoms with Gasteiger partial charge in [0.2, 0.25) is 0 Å². The zero-order chi connectivity index (χ0) is 14.8. The van der Waals surface area contributed by atoms with Crippen molar-refractivity contribution in [3.05, 3.63) is 23.9 Å². The Morgan fingerprint density at radius 1 is 1.33 bits per heavy atom. The number of hydrogen-bond donors (Lipinski definition) is 2. The molecule has 1 saturated carbocycles. The summed E-state index contributed by atoms with van der Waals surface area (Å²) in [4.78, 5) is 0. The molecule has 5 nitrogen and oxygen atoms in total. The number of nitrogens with two attached hydrogens (primary N) is 1. The van der Waals surface area contributed by atoms with E-state index in [0.29, 0.717) is 25.1 Å². The van der Waals surface area contributed by atoms with Crippen molar-refractivity contribution in [3.63, 3.8) is 0 Å². The Bertz CT molecular complexity index is 574. The highest BCUT2D eigenvalue weighted by Gasteiger charge is 2.22. The first-order valence-electron chi connectivity index (χ1n) is 7.62. The maximum absolute atomic E-state index is 9.23. The van der Waals surface area contributed by atoms with E-state index in [9.17, 15) is 5.11 Å². The van der Waals surface area contributed by atoms with Crippen LogP contribution in [0.4, 0.5) is 0 Å². The van der Waals surface area contributed by atoms with E-state index >= 15 is 0 Å². The van der Waals surface area contributed by atoms with Crippen molar-refractivity contribution in [2.24, 2.45) is 11.7 Å². The van der Waals surface area contributed by atoms with E-state index in [4.69, 9.17) is 15.6 Å². The molecule has 114 valence electrons. The Labute approximate surface area is 124 Å². The highest BCUT2D eigenvalue weighted by Crippen LogP contribution is 2.33. The second-order valence-corrected chi connectivity index (χ2v) is 5.89. The molecule has 3 N–H and O–H groups in total. The summed E-state index contributed by atoms with van der Waals surface area (Å²) in [5.41, 5.74) is 7.73. The normalized spacial score (nSPS) is 22.6. The van der Waals surface area contributed by atoms with Gasteiger partial charge in [-0.3, -0.25) is 4.68 Å². The minimum absolute atomic E-state index is 0.310. The number of fused-ring (bicyclic) bond motifs is 1. The van der Waals surface area contributed by atoms with Crippen molar-refractivity contribution >= 4 is 10.9 Å². The molecule has 1 aromatic carbocycles. The Kier molecular flexibility index (Phi) is 4.12. The van der Waals surface area contributed by atoms with Crippen molar-refractivity contribution in [2.45, 2.75) is 38.3 Å². The highest BCUT2D eigenvalue weighted by atomic mass is 16.5. The lowest BCUT2D eigenvalue weighted by atomic mass is 9.87. The second kappa shape index (κ2) is 6.03. The molecule has 3 rings (SSSR count). The molecule has 0 saturated heterocycles. The van der Waals surface area contributed by atoms with Crippen LogP contribution in [-0.2, 0) is 6.54 Å². The lowest BCUT2D eigenvalue weighted by Gasteiger charge is -2.27. The fourth-order valence-electron chi connectivity index (χ4n) is 3.25. The molecule has 5 heteroatoms. The summed E-state index contributed by atoms with van der Waals surface area (Å²) in [7, 11) is 1.66. The Morgan fingerprint density at radius 2 is 2.10 bits per heavy atom. The molecule has 0 aliphatic heterocycles. The van der Waals surface area contributed by atoms with Gasteiger partial charge < -0.3 is 15.6 Å². The summed E-state index contributed by atoms with van der Waals surface area (Å²) in [6.45, 7) is 0.775. The largest absolute Gasteiger partial charge is 0.496 e. The van der Waals surface area contributed by atoms with E-state index in [1.807, 2.05) is 6.07 Å². The van der Waals surface area contributed by atoms with E-state index in [-0.39, 0.29) is 0 Å². The maximum atomic E-state index is 9.23. The van der Waals surface area contributed by atoms with Gasteiger partial charge in [-0.15, -0.1) is 0 Å². The van der Waals surface area contributed by atoms with E-state index in [2.05, 4.69) is 16.9 Å². The van der Waals surface area contributed by atoms with Crippen LogP contribution < -0.4 is 10.5 Å². The summed E-state index contributed by atoms with van der Waals surface area (Å²) in [5.74, 6) is 1.27. The maximum Gasteiger partial charge on any atom is 0.125 e. The molecule has 1 heterocycles. The number of rotatable bonds is 4. The predicted molar refractivity (Wildman–Crippen MR) is 82.3 cm³/mol. The third kappa shape index (κ3) is 2.76. The van der Waals surface area contributed by atoms with E-state index in [1.165, 1.54) is 0 Å². The molecule has 0 radical (unpaired) electrons. The summed E-state index contributed by atoms with van der Waals surface area (Å²) in [6.07, 6.45) is 6.43. The van der Waals surface area contributed by atoms with Gasteiger partial charge in [0.25, 0.3) is 0 Å². The molecule has 0 atom stereocenters. The molecular weight excluding hydrogens is 266 g/mol. The van der Waals surface area contributed by atoms with Crippen molar-refractivity contribution in [1.82, 2.24) is 9.78 Å². The minimum Gasteiger partial charge on any atom is -0.496 e. The van der Waals surface area contributed by atoms with Crippen LogP contribution in [0, 0.1) is 5.92 Å². The van der Waals surface area contributed by atoms with Gasteiger partial charge in [-0.05, 0) is 37.7 Å². The van der Waals surface area contributed by atoms with Gasteiger partial charge in [-0.2, -0.15) is 5.10 Å². The smallest absolute Gasteiger partial charge is 0.125 e. The standard InChI is InChI=1S/C16H23N3O2/c1-21-16-7-15-13(6-12(16)8-17)9-19(18-15)14-4-2-11(10-20)3-5-14/h6-7,9,11,14,20H,2-5,8,10,17H2,1H3. The molecule has 0 bridgehead atoms. The van der Waals surface area contributed by atoms with Crippen LogP contribution in [0.25, 0.3) is 10.9 Å². The van der Waals surface area contributed by atoms with Gasteiger partial charge in [0.1, 0.15) is 5.75 Å². The van der Waals surface area contributed by atoms with Crippen LogP contribution in [0.15, 0.2) is 18.3 Å². The molecule has 1 aliphatic rings. The van der Waals surface area contributed by atoms with Crippen LogP contribution in [0.5, 0.6) is 5.75 Å². The zero-order valence-corrected chi connectivity index (χ0v) is 12.5.